The zero-order valence-electron chi connectivity index (χ0n) is 20.3. The van der Waals surface area contributed by atoms with Gasteiger partial charge in [-0.2, -0.15) is 0 Å². The molecule has 2 aliphatic rings. The Bertz CT molecular complexity index is 1600. The van der Waals surface area contributed by atoms with Crippen LogP contribution in [0.2, 0.25) is 5.25 Å². The second kappa shape index (κ2) is 9.60. The van der Waals surface area contributed by atoms with Crippen molar-refractivity contribution in [2.75, 3.05) is 18.1 Å². The average Bonchev–Trinajstić information content (AvgIpc) is 2.86. The summed E-state index contributed by atoms with van der Waals surface area (Å²) in [5.74, 6) is -9.57. The number of nitrogens with one attached hydrogen (secondary N) is 1. The Hall–Kier alpha value is -2.42. The van der Waals surface area contributed by atoms with E-state index in [1.54, 1.807) is 0 Å². The molecule has 0 aromatic heterocycles. The molecule has 0 spiro atoms. The quantitative estimate of drug-likeness (QED) is 0.131. The molecule has 0 amide bonds. The first-order chi connectivity index (χ1) is 18.4. The summed E-state index contributed by atoms with van der Waals surface area (Å²) in [4.78, 5) is 0. The Balaban J connectivity index is 1.89. The molecule has 2 fully saturated rings. The van der Waals surface area contributed by atoms with Gasteiger partial charge in [0.1, 0.15) is 0 Å². The van der Waals surface area contributed by atoms with Crippen LogP contribution in [-0.2, 0) is 9.66 Å². The van der Waals surface area contributed by atoms with Crippen LogP contribution in [0.15, 0.2) is 24.8 Å². The first-order valence-corrected chi connectivity index (χ1v) is 17.8. The van der Waals surface area contributed by atoms with Crippen LogP contribution >= 0.6 is 20.7 Å². The van der Waals surface area contributed by atoms with Crippen LogP contribution in [0.3, 0.4) is 0 Å². The van der Waals surface area contributed by atoms with Crippen LogP contribution in [0.5, 0.6) is 0 Å². The number of rotatable bonds is 6. The molecule has 3 aromatic rings. The number of nitrogen functional groups attached to an aromatic ring is 1. The molecule has 2 atom stereocenters. The van der Waals surface area contributed by atoms with Crippen molar-refractivity contribution in [2.45, 2.75) is 27.8 Å². The van der Waals surface area contributed by atoms with E-state index in [1.165, 1.54) is 7.05 Å². The zero-order chi connectivity index (χ0) is 28.6. The Morgan fingerprint density at radius 1 is 0.872 bits per heavy atom. The fraction of sp³-hybridized carbons (Fsp3) is 0.222. The van der Waals surface area contributed by atoms with E-state index < -0.39 is 114 Å². The molecule has 3 aromatic carbocycles. The van der Waals surface area contributed by atoms with Gasteiger partial charge in [-0.1, -0.05) is 0 Å². The van der Waals surface area contributed by atoms with Gasteiger partial charge in [0.25, 0.3) is 0 Å². The Morgan fingerprint density at radius 2 is 1.49 bits per heavy atom. The van der Waals surface area contributed by atoms with Gasteiger partial charge in [0.2, 0.25) is 0 Å². The molecule has 1 aliphatic heterocycles. The van der Waals surface area contributed by atoms with E-state index in [4.69, 9.17) is 5.73 Å². The van der Waals surface area contributed by atoms with Crippen LogP contribution in [0.4, 0.5) is 46.5 Å². The number of fused-ring (bicyclic) bond motifs is 1. The molecule has 205 valence electrons. The molecule has 3 N–H and O–H groups in total. The fourth-order valence-electron chi connectivity index (χ4n) is 6.41. The van der Waals surface area contributed by atoms with Crippen molar-refractivity contribution >= 4 is 61.4 Å². The van der Waals surface area contributed by atoms with Gasteiger partial charge in [-0.15, -0.1) is 0 Å². The predicted molar refractivity (Wildman–Crippen MR) is 146 cm³/mol. The molecule has 1 saturated heterocycles. The molecule has 5 rings (SSSR count). The van der Waals surface area contributed by atoms with Gasteiger partial charge in [0.15, 0.2) is 0 Å². The van der Waals surface area contributed by atoms with Crippen LogP contribution in [0.1, 0.15) is 29.5 Å². The molecule has 1 saturated carbocycles. The number of anilines is 2. The van der Waals surface area contributed by atoms with Crippen molar-refractivity contribution in [3.05, 3.63) is 91.6 Å². The molecular weight excluding hydrogens is 704 g/mol. The van der Waals surface area contributed by atoms with Crippen molar-refractivity contribution in [3.63, 3.8) is 0 Å². The topological polar surface area (TPSA) is 38.0 Å². The minimum absolute atomic E-state index is 0.0187. The summed E-state index contributed by atoms with van der Waals surface area (Å²) < 4.78 is 124. The van der Waals surface area contributed by atoms with Crippen molar-refractivity contribution < 1.29 is 35.1 Å². The summed E-state index contributed by atoms with van der Waals surface area (Å²) in [6.45, 7) is 3.38. The number of hydrogen-bond donors (Lipinski definition) is 2. The number of nitrogens with two attached hydrogens (primary N) is 1. The molecule has 1 aliphatic carbocycles. The summed E-state index contributed by atoms with van der Waals surface area (Å²) in [5, 5.41) is 2.28. The third-order valence-corrected chi connectivity index (χ3v) is 19.6. The summed E-state index contributed by atoms with van der Waals surface area (Å²) >= 11 is -4.74. The van der Waals surface area contributed by atoms with Gasteiger partial charge in [-0.25, -0.2) is 0 Å². The molecule has 39 heavy (non-hydrogen) atoms. The van der Waals surface area contributed by atoms with E-state index in [2.05, 4.69) is 16.4 Å². The number of benzene rings is 3. The normalized spacial score (nSPS) is 22.2. The second-order valence-corrected chi connectivity index (χ2v) is 17.0. The third kappa shape index (κ3) is 3.53. The first-order valence-electron chi connectivity index (χ1n) is 11.6. The Labute approximate surface area is 233 Å². The van der Waals surface area contributed by atoms with E-state index in [0.717, 1.165) is 6.08 Å². The SMILES string of the molecule is C=Cc1c(F)cc(F)c([C]23CCC2(c2c(F)cc(F)c(NC)c2F)[CH2][Ge]3[c]2c(F)cc(F)c(N)c2I=C)c1F. The molecule has 1 radical (unpaired) electrons. The van der Waals surface area contributed by atoms with Crippen molar-refractivity contribution in [1.29, 1.82) is 0 Å². The number of hydrogen-bond acceptors (Lipinski definition) is 2. The zero-order valence-corrected chi connectivity index (χ0v) is 24.6. The van der Waals surface area contributed by atoms with Crippen molar-refractivity contribution in [3.8, 4) is 0 Å². The Morgan fingerprint density at radius 3 is 2.05 bits per heavy atom. The van der Waals surface area contributed by atoms with Crippen molar-refractivity contribution in [2.24, 2.45) is 0 Å². The first kappa shape index (κ1) is 28.1. The monoisotopic (exact) mass is 725 g/mol. The maximum absolute atomic E-state index is 16.0. The molecule has 1 heterocycles. The Kier molecular flexibility index (Phi) is 6.92. The van der Waals surface area contributed by atoms with Crippen LogP contribution in [0.25, 0.3) is 6.08 Å². The number of halogens is 9. The fourth-order valence-corrected chi connectivity index (χ4v) is 19.8. The van der Waals surface area contributed by atoms with E-state index in [1.807, 2.05) is 0 Å². The van der Waals surface area contributed by atoms with E-state index in [-0.39, 0.29) is 31.7 Å². The van der Waals surface area contributed by atoms with Gasteiger partial charge in [-0.3, -0.25) is 0 Å². The average molecular weight is 724 g/mol. The summed E-state index contributed by atoms with van der Waals surface area (Å²) in [7, 11) is 1.23. The van der Waals surface area contributed by atoms with Crippen LogP contribution in [-0.4, -0.2) is 25.9 Å². The van der Waals surface area contributed by atoms with Gasteiger partial charge in [0.05, 0.1) is 0 Å². The van der Waals surface area contributed by atoms with E-state index in [0.29, 0.717) is 18.2 Å². The molecule has 0 bridgehead atoms. The summed E-state index contributed by atoms with van der Waals surface area (Å²) in [6, 6.07) is 1.53. The molecule has 12 heteroatoms. The standard InChI is InChI=1S/C27H20F8GeIN2/c1-4-11-12(28)7-14(30)19(20(11)34)27-6-5-26(27,18-13(29)8-17(33)25(39-3)21(18)35)10-36(27)22-15(31)9-16(32)24(38)23(22)37-2/h4,7-9,39H,1-2,5-6,10,38H2,3H3. The van der Waals surface area contributed by atoms with Gasteiger partial charge in [-0.05, 0) is 0 Å². The van der Waals surface area contributed by atoms with Gasteiger partial charge in [0, 0.05) is 0 Å². The minimum atomic E-state index is -3.45. The van der Waals surface area contributed by atoms with Gasteiger partial charge < -0.3 is 0 Å². The van der Waals surface area contributed by atoms with E-state index >= 15 is 22.0 Å². The molecule has 2 unspecified atom stereocenters. The second-order valence-electron chi connectivity index (χ2n) is 9.52. The van der Waals surface area contributed by atoms with Crippen LogP contribution < -0.4 is 15.4 Å². The van der Waals surface area contributed by atoms with Crippen LogP contribution in [0, 0.1) is 50.1 Å². The molecule has 2 nitrogen and oxygen atoms in total. The summed E-state index contributed by atoms with van der Waals surface area (Å²) in [5.41, 5.74) is 1.50. The van der Waals surface area contributed by atoms with E-state index in [9.17, 15) is 13.2 Å². The summed E-state index contributed by atoms with van der Waals surface area (Å²) in [6.07, 6.45) is 0.873. The third-order valence-electron chi connectivity index (χ3n) is 8.11. The van der Waals surface area contributed by atoms with Gasteiger partial charge >= 0.3 is 234 Å². The molecular formula is C27H20F8GeIN2. The predicted octanol–water partition coefficient (Wildman–Crippen LogP) is 6.56. The maximum atomic E-state index is 16.0. The van der Waals surface area contributed by atoms with Crippen molar-refractivity contribution in [1.82, 2.24) is 0 Å².